The van der Waals surface area contributed by atoms with Crippen LogP contribution in [-0.2, 0) is 4.74 Å². The summed E-state index contributed by atoms with van der Waals surface area (Å²) < 4.78 is 16.7. The first kappa shape index (κ1) is 20.1. The van der Waals surface area contributed by atoms with Crippen molar-refractivity contribution >= 4 is 5.91 Å². The molecule has 1 aromatic heterocycles. The van der Waals surface area contributed by atoms with Gasteiger partial charge in [0, 0.05) is 31.2 Å². The largest absolute Gasteiger partial charge is 0.490 e. The zero-order valence-electron chi connectivity index (χ0n) is 16.5. The summed E-state index contributed by atoms with van der Waals surface area (Å²) in [6.45, 7) is 6.31. The number of amides is 1. The number of nitrogens with one attached hydrogen (secondary N) is 1. The summed E-state index contributed by atoms with van der Waals surface area (Å²) in [5, 5.41) is 3.21. The number of carbonyl (C=O) groups excluding carboxylic acids is 1. The summed E-state index contributed by atoms with van der Waals surface area (Å²) in [7, 11) is 0. The molecule has 3 rings (SSSR count). The number of benzene rings is 1. The molecule has 6 nitrogen and oxygen atoms in total. The minimum atomic E-state index is -0.135. The van der Waals surface area contributed by atoms with Gasteiger partial charge in [-0.3, -0.25) is 9.78 Å². The van der Waals surface area contributed by atoms with Gasteiger partial charge in [0.25, 0.3) is 5.91 Å². The zero-order valence-corrected chi connectivity index (χ0v) is 16.5. The molecule has 1 aromatic carbocycles. The molecule has 150 valence electrons. The van der Waals surface area contributed by atoms with E-state index in [1.54, 1.807) is 24.4 Å². The van der Waals surface area contributed by atoms with Crippen LogP contribution in [-0.4, -0.2) is 37.3 Å². The summed E-state index contributed by atoms with van der Waals surface area (Å²) in [5.74, 6) is 1.41. The Labute approximate surface area is 166 Å². The monoisotopic (exact) mass is 384 g/mol. The highest BCUT2D eigenvalue weighted by atomic mass is 16.5. The molecule has 2 aromatic rings. The van der Waals surface area contributed by atoms with E-state index in [0.717, 1.165) is 31.6 Å². The van der Waals surface area contributed by atoms with Gasteiger partial charge in [-0.1, -0.05) is 6.07 Å². The predicted octanol–water partition coefficient (Wildman–Crippen LogP) is 3.78. The van der Waals surface area contributed by atoms with Crippen molar-refractivity contribution in [3.8, 4) is 11.5 Å². The molecule has 1 aliphatic rings. The van der Waals surface area contributed by atoms with Crippen LogP contribution in [0.4, 0.5) is 0 Å². The smallest absolute Gasteiger partial charge is 0.251 e. The molecular formula is C22H28N2O4. The van der Waals surface area contributed by atoms with Gasteiger partial charge in [0.05, 0.1) is 19.3 Å². The molecule has 0 aliphatic carbocycles. The summed E-state index contributed by atoms with van der Waals surface area (Å²) >= 11 is 0. The summed E-state index contributed by atoms with van der Waals surface area (Å²) in [6, 6.07) is 9.11. The highest BCUT2D eigenvalue weighted by molar-refractivity contribution is 5.95. The molecule has 6 heteroatoms. The lowest BCUT2D eigenvalue weighted by Gasteiger charge is -2.31. The van der Waals surface area contributed by atoms with Crippen LogP contribution >= 0.6 is 0 Å². The maximum Gasteiger partial charge on any atom is 0.251 e. The van der Waals surface area contributed by atoms with Crippen molar-refractivity contribution in [3.05, 3.63) is 53.9 Å². The first-order valence-electron chi connectivity index (χ1n) is 9.91. The summed E-state index contributed by atoms with van der Waals surface area (Å²) in [4.78, 5) is 17.3. The maximum atomic E-state index is 13.0. The average Bonchev–Trinajstić information content (AvgIpc) is 2.74. The molecule has 1 fully saturated rings. The van der Waals surface area contributed by atoms with Crippen molar-refractivity contribution in [2.24, 2.45) is 5.92 Å². The number of nitrogens with zero attached hydrogens (tertiary/aromatic N) is 1. The van der Waals surface area contributed by atoms with E-state index in [1.165, 1.54) is 0 Å². The van der Waals surface area contributed by atoms with E-state index in [1.807, 2.05) is 32.2 Å². The van der Waals surface area contributed by atoms with Crippen LogP contribution in [0.5, 0.6) is 11.5 Å². The van der Waals surface area contributed by atoms with Gasteiger partial charge in [-0.2, -0.15) is 0 Å². The molecule has 0 bridgehead atoms. The van der Waals surface area contributed by atoms with Crippen LogP contribution in [0.25, 0.3) is 0 Å². The lowest BCUT2D eigenvalue weighted by molar-refractivity contribution is 0.0513. The molecule has 1 atom stereocenters. The Morgan fingerprint density at radius 3 is 2.61 bits per heavy atom. The first-order valence-corrected chi connectivity index (χ1v) is 9.91. The van der Waals surface area contributed by atoms with Gasteiger partial charge in [-0.05, 0) is 62.4 Å². The van der Waals surface area contributed by atoms with Gasteiger partial charge in [0.1, 0.15) is 0 Å². The van der Waals surface area contributed by atoms with Crippen molar-refractivity contribution in [2.45, 2.75) is 32.7 Å². The SMILES string of the molecule is CCOc1ccc(C(=O)NC(c2cccnc2)C2CCOCC2)cc1OCC. The number of rotatable bonds is 8. The molecule has 1 amide bonds. The van der Waals surface area contributed by atoms with Crippen molar-refractivity contribution < 1.29 is 19.0 Å². The minimum absolute atomic E-state index is 0.104. The van der Waals surface area contributed by atoms with Crippen LogP contribution in [0, 0.1) is 5.92 Å². The fourth-order valence-electron chi connectivity index (χ4n) is 3.50. The van der Waals surface area contributed by atoms with Crippen molar-refractivity contribution in [1.82, 2.24) is 10.3 Å². The van der Waals surface area contributed by atoms with Gasteiger partial charge < -0.3 is 19.5 Å². The number of hydrogen-bond acceptors (Lipinski definition) is 5. The van der Waals surface area contributed by atoms with Crippen molar-refractivity contribution in [1.29, 1.82) is 0 Å². The quantitative estimate of drug-likeness (QED) is 0.750. The third kappa shape index (κ3) is 5.01. The zero-order chi connectivity index (χ0) is 19.8. The van der Waals surface area contributed by atoms with Crippen molar-refractivity contribution in [2.75, 3.05) is 26.4 Å². The van der Waals surface area contributed by atoms with Crippen LogP contribution < -0.4 is 14.8 Å². The van der Waals surface area contributed by atoms with E-state index in [0.29, 0.717) is 36.2 Å². The van der Waals surface area contributed by atoms with Crippen LogP contribution in [0.2, 0.25) is 0 Å². The molecular weight excluding hydrogens is 356 g/mol. The first-order chi connectivity index (χ1) is 13.7. The Kier molecular flexibility index (Phi) is 7.25. The molecule has 1 N–H and O–H groups in total. The minimum Gasteiger partial charge on any atom is -0.490 e. The van der Waals surface area contributed by atoms with Crippen LogP contribution in [0.1, 0.15) is 48.7 Å². The Hall–Kier alpha value is -2.60. The fraction of sp³-hybridized carbons (Fsp3) is 0.455. The molecule has 0 saturated carbocycles. The summed E-state index contributed by atoms with van der Waals surface area (Å²) in [6.07, 6.45) is 5.39. The lowest BCUT2D eigenvalue weighted by Crippen LogP contribution is -2.36. The second-order valence-electron chi connectivity index (χ2n) is 6.71. The van der Waals surface area contributed by atoms with E-state index in [-0.39, 0.29) is 11.9 Å². The number of hydrogen-bond donors (Lipinski definition) is 1. The van der Waals surface area contributed by atoms with E-state index in [4.69, 9.17) is 14.2 Å². The Morgan fingerprint density at radius 1 is 1.18 bits per heavy atom. The fourth-order valence-corrected chi connectivity index (χ4v) is 3.50. The number of aromatic nitrogens is 1. The third-order valence-electron chi connectivity index (χ3n) is 4.87. The number of ether oxygens (including phenoxy) is 3. The normalized spacial score (nSPS) is 15.6. The highest BCUT2D eigenvalue weighted by Gasteiger charge is 2.27. The van der Waals surface area contributed by atoms with E-state index in [9.17, 15) is 4.79 Å². The summed E-state index contributed by atoms with van der Waals surface area (Å²) in [5.41, 5.74) is 1.56. The molecule has 1 unspecified atom stereocenters. The highest BCUT2D eigenvalue weighted by Crippen LogP contribution is 2.32. The second kappa shape index (κ2) is 10.1. The van der Waals surface area contributed by atoms with Crippen molar-refractivity contribution in [3.63, 3.8) is 0 Å². The lowest BCUT2D eigenvalue weighted by atomic mass is 9.87. The maximum absolute atomic E-state index is 13.0. The molecule has 0 radical (unpaired) electrons. The van der Waals surface area contributed by atoms with E-state index in [2.05, 4.69) is 10.3 Å². The van der Waals surface area contributed by atoms with Gasteiger partial charge in [-0.15, -0.1) is 0 Å². The molecule has 1 aliphatic heterocycles. The number of pyridine rings is 1. The van der Waals surface area contributed by atoms with Gasteiger partial charge in [-0.25, -0.2) is 0 Å². The molecule has 1 saturated heterocycles. The Morgan fingerprint density at radius 2 is 1.93 bits per heavy atom. The van der Waals surface area contributed by atoms with E-state index < -0.39 is 0 Å². The Bertz CT molecular complexity index is 760. The molecule has 2 heterocycles. The standard InChI is InChI=1S/C22H28N2O4/c1-3-27-19-8-7-17(14-20(19)28-4-2)22(25)24-21(16-9-12-26-13-10-16)18-6-5-11-23-15-18/h5-8,11,14-16,21H,3-4,9-10,12-13H2,1-2H3,(H,24,25). The molecule has 28 heavy (non-hydrogen) atoms. The third-order valence-corrected chi connectivity index (χ3v) is 4.87. The molecule has 0 spiro atoms. The van der Waals surface area contributed by atoms with Gasteiger partial charge in [0.2, 0.25) is 0 Å². The average molecular weight is 384 g/mol. The second-order valence-corrected chi connectivity index (χ2v) is 6.71. The Balaban J connectivity index is 1.82. The predicted molar refractivity (Wildman–Crippen MR) is 107 cm³/mol. The number of carbonyl (C=O) groups is 1. The van der Waals surface area contributed by atoms with Gasteiger partial charge in [0.15, 0.2) is 11.5 Å². The van der Waals surface area contributed by atoms with Crippen LogP contribution in [0.15, 0.2) is 42.7 Å². The van der Waals surface area contributed by atoms with E-state index >= 15 is 0 Å². The van der Waals surface area contributed by atoms with Gasteiger partial charge >= 0.3 is 0 Å². The topological polar surface area (TPSA) is 69.7 Å². The van der Waals surface area contributed by atoms with Crippen LogP contribution in [0.3, 0.4) is 0 Å².